The van der Waals surface area contributed by atoms with E-state index in [4.69, 9.17) is 0 Å². The predicted octanol–water partition coefficient (Wildman–Crippen LogP) is 4.26. The zero-order chi connectivity index (χ0) is 18.3. The summed E-state index contributed by atoms with van der Waals surface area (Å²) >= 11 is 2.26. The normalized spacial score (nSPS) is 31.7. The summed E-state index contributed by atoms with van der Waals surface area (Å²) in [6.07, 6.45) is 7.54. The number of carbonyl (C=O) groups is 2. The van der Waals surface area contributed by atoms with Crippen molar-refractivity contribution in [1.82, 2.24) is 5.32 Å². The zero-order valence-corrected chi connectivity index (χ0v) is 17.5. The van der Waals surface area contributed by atoms with E-state index in [2.05, 4.69) is 33.2 Å². The van der Waals surface area contributed by atoms with E-state index in [-0.39, 0.29) is 17.2 Å². The summed E-state index contributed by atoms with van der Waals surface area (Å²) in [6.45, 7) is 2.42. The molecule has 5 heteroatoms. The monoisotopic (exact) mass is 466 g/mol. The topological polar surface area (TPSA) is 58.2 Å². The van der Waals surface area contributed by atoms with Gasteiger partial charge < -0.3 is 10.6 Å². The van der Waals surface area contributed by atoms with E-state index in [1.807, 2.05) is 25.1 Å². The molecular weight excluding hydrogens is 439 g/mol. The summed E-state index contributed by atoms with van der Waals surface area (Å²) in [5.41, 5.74) is 1.78. The van der Waals surface area contributed by atoms with Crippen LogP contribution in [0.1, 0.15) is 50.5 Å². The molecule has 0 aromatic heterocycles. The SMILES string of the molecule is Cc1cc(I)ccc1NC(=O)CCNC(=O)C12CC3CC(CC(C3)C1)C2. The van der Waals surface area contributed by atoms with Gasteiger partial charge in [-0.05, 0) is 110 Å². The molecule has 0 spiro atoms. The Bertz CT molecular complexity index is 695. The van der Waals surface area contributed by atoms with Gasteiger partial charge in [0.15, 0.2) is 0 Å². The van der Waals surface area contributed by atoms with Crippen molar-refractivity contribution in [3.05, 3.63) is 27.3 Å². The Morgan fingerprint density at radius 1 is 1.12 bits per heavy atom. The van der Waals surface area contributed by atoms with Gasteiger partial charge in [-0.1, -0.05) is 0 Å². The number of hydrogen-bond donors (Lipinski definition) is 2. The second-order valence-corrected chi connectivity index (χ2v) is 9.96. The fourth-order valence-electron chi connectivity index (χ4n) is 5.85. The highest BCUT2D eigenvalue weighted by Gasteiger charge is 2.54. The largest absolute Gasteiger partial charge is 0.355 e. The Kier molecular flexibility index (Phi) is 5.01. The molecule has 1 aromatic rings. The lowest BCUT2D eigenvalue weighted by molar-refractivity contribution is -0.146. The Morgan fingerprint density at radius 2 is 1.73 bits per heavy atom. The van der Waals surface area contributed by atoms with Gasteiger partial charge in [-0.2, -0.15) is 0 Å². The van der Waals surface area contributed by atoms with Gasteiger partial charge in [-0.25, -0.2) is 0 Å². The summed E-state index contributed by atoms with van der Waals surface area (Å²) < 4.78 is 1.15. The van der Waals surface area contributed by atoms with Crippen molar-refractivity contribution in [2.24, 2.45) is 23.2 Å². The fourth-order valence-corrected chi connectivity index (χ4v) is 6.49. The molecule has 4 fully saturated rings. The van der Waals surface area contributed by atoms with Crippen LogP contribution >= 0.6 is 22.6 Å². The average molecular weight is 466 g/mol. The van der Waals surface area contributed by atoms with Crippen LogP contribution in [0.4, 0.5) is 5.69 Å². The molecule has 0 radical (unpaired) electrons. The molecule has 5 rings (SSSR count). The molecule has 0 aliphatic heterocycles. The van der Waals surface area contributed by atoms with Crippen LogP contribution in [0.2, 0.25) is 0 Å². The number of hydrogen-bond acceptors (Lipinski definition) is 2. The molecule has 4 bridgehead atoms. The van der Waals surface area contributed by atoms with Crippen LogP contribution in [0, 0.1) is 33.7 Å². The third-order valence-electron chi connectivity index (χ3n) is 6.62. The van der Waals surface area contributed by atoms with Gasteiger partial charge >= 0.3 is 0 Å². The average Bonchev–Trinajstić information content (AvgIpc) is 2.56. The van der Waals surface area contributed by atoms with Crippen LogP contribution in [0.3, 0.4) is 0 Å². The van der Waals surface area contributed by atoms with E-state index < -0.39 is 0 Å². The molecule has 0 unspecified atom stereocenters. The van der Waals surface area contributed by atoms with Crippen LogP contribution in [0.25, 0.3) is 0 Å². The molecule has 4 aliphatic carbocycles. The molecule has 1 aromatic carbocycles. The highest BCUT2D eigenvalue weighted by molar-refractivity contribution is 14.1. The number of benzene rings is 1. The number of anilines is 1. The van der Waals surface area contributed by atoms with Gasteiger partial charge in [0, 0.05) is 27.6 Å². The summed E-state index contributed by atoms with van der Waals surface area (Å²) in [4.78, 5) is 25.1. The highest BCUT2D eigenvalue weighted by Crippen LogP contribution is 2.60. The van der Waals surface area contributed by atoms with Crippen LogP contribution in [-0.4, -0.2) is 18.4 Å². The molecule has 26 heavy (non-hydrogen) atoms. The maximum Gasteiger partial charge on any atom is 0.226 e. The second kappa shape index (κ2) is 7.13. The summed E-state index contributed by atoms with van der Waals surface area (Å²) in [5, 5.41) is 6.03. The van der Waals surface area contributed by atoms with Crippen molar-refractivity contribution in [3.8, 4) is 0 Å². The molecule has 4 saturated carbocycles. The maximum atomic E-state index is 12.9. The lowest BCUT2D eigenvalue weighted by Crippen LogP contribution is -2.53. The van der Waals surface area contributed by atoms with E-state index in [0.717, 1.165) is 51.8 Å². The lowest BCUT2D eigenvalue weighted by Gasteiger charge is -2.55. The third kappa shape index (κ3) is 3.64. The smallest absolute Gasteiger partial charge is 0.226 e. The number of carbonyl (C=O) groups excluding carboxylic acids is 2. The van der Waals surface area contributed by atoms with Crippen molar-refractivity contribution in [2.45, 2.75) is 51.9 Å². The Balaban J connectivity index is 1.28. The molecule has 0 heterocycles. The van der Waals surface area contributed by atoms with Crippen molar-refractivity contribution >= 4 is 40.1 Å². The van der Waals surface area contributed by atoms with E-state index >= 15 is 0 Å². The molecule has 2 N–H and O–H groups in total. The summed E-state index contributed by atoms with van der Waals surface area (Å²) in [5.74, 6) is 2.45. The highest BCUT2D eigenvalue weighted by atomic mass is 127. The van der Waals surface area contributed by atoms with E-state index in [1.54, 1.807) is 0 Å². The predicted molar refractivity (Wildman–Crippen MR) is 111 cm³/mol. The molecule has 4 nitrogen and oxygen atoms in total. The molecule has 0 atom stereocenters. The molecule has 2 amide bonds. The van der Waals surface area contributed by atoms with Gasteiger partial charge in [0.25, 0.3) is 0 Å². The number of halogens is 1. The van der Waals surface area contributed by atoms with E-state index in [1.165, 1.54) is 19.3 Å². The van der Waals surface area contributed by atoms with Gasteiger partial charge in [-0.15, -0.1) is 0 Å². The first-order valence-corrected chi connectivity index (χ1v) is 10.9. The first-order chi connectivity index (χ1) is 12.4. The third-order valence-corrected chi connectivity index (χ3v) is 7.29. The quantitative estimate of drug-likeness (QED) is 0.638. The zero-order valence-electron chi connectivity index (χ0n) is 15.3. The minimum Gasteiger partial charge on any atom is -0.355 e. The first kappa shape index (κ1) is 18.3. The summed E-state index contributed by atoms with van der Waals surface area (Å²) in [7, 11) is 0. The van der Waals surface area contributed by atoms with Crippen LogP contribution in [-0.2, 0) is 9.59 Å². The molecule has 140 valence electrons. The van der Waals surface area contributed by atoms with Crippen LogP contribution < -0.4 is 10.6 Å². The fraction of sp³-hybridized carbons (Fsp3) is 0.619. The standard InChI is InChI=1S/C21H27IN2O2/c1-13-6-17(22)2-3-18(13)24-19(25)4-5-23-20(26)21-10-14-7-15(11-21)9-16(8-14)12-21/h2-3,6,14-16H,4-5,7-12H2,1H3,(H,23,26)(H,24,25). The molecule has 4 aliphatic rings. The minimum absolute atomic E-state index is 0.0416. The van der Waals surface area contributed by atoms with Crippen molar-refractivity contribution in [2.75, 3.05) is 11.9 Å². The van der Waals surface area contributed by atoms with E-state index in [0.29, 0.717) is 13.0 Å². The number of rotatable bonds is 5. The molecule has 0 saturated heterocycles. The van der Waals surface area contributed by atoms with Gasteiger partial charge in [0.1, 0.15) is 0 Å². The Morgan fingerprint density at radius 3 is 2.31 bits per heavy atom. The number of aryl methyl sites for hydroxylation is 1. The number of nitrogens with one attached hydrogen (secondary N) is 2. The van der Waals surface area contributed by atoms with Gasteiger partial charge in [0.05, 0.1) is 0 Å². The maximum absolute atomic E-state index is 12.9. The van der Waals surface area contributed by atoms with Gasteiger partial charge in [-0.3, -0.25) is 9.59 Å². The minimum atomic E-state index is -0.127. The first-order valence-electron chi connectivity index (χ1n) is 9.78. The summed E-state index contributed by atoms with van der Waals surface area (Å²) in [6, 6.07) is 5.96. The second-order valence-electron chi connectivity index (χ2n) is 8.71. The van der Waals surface area contributed by atoms with Crippen LogP contribution in [0.15, 0.2) is 18.2 Å². The van der Waals surface area contributed by atoms with Crippen LogP contribution in [0.5, 0.6) is 0 Å². The number of amides is 2. The lowest BCUT2D eigenvalue weighted by atomic mass is 9.49. The Labute approximate surface area is 169 Å². The van der Waals surface area contributed by atoms with Gasteiger partial charge in [0.2, 0.25) is 11.8 Å². The molecular formula is C21H27IN2O2. The van der Waals surface area contributed by atoms with Crippen molar-refractivity contribution in [1.29, 1.82) is 0 Å². The van der Waals surface area contributed by atoms with Crippen molar-refractivity contribution in [3.63, 3.8) is 0 Å². The van der Waals surface area contributed by atoms with E-state index in [9.17, 15) is 9.59 Å². The Hall–Kier alpha value is -1.11. The van der Waals surface area contributed by atoms with Crippen molar-refractivity contribution < 1.29 is 9.59 Å².